The molecule has 0 bridgehead atoms. The predicted molar refractivity (Wildman–Crippen MR) is 102 cm³/mol. The first-order valence-electron chi connectivity index (χ1n) is 7.98. The maximum absolute atomic E-state index is 9.40. The van der Waals surface area contributed by atoms with Crippen LogP contribution in [-0.2, 0) is 0 Å². The average molecular weight is 382 g/mol. The van der Waals surface area contributed by atoms with Gasteiger partial charge in [-0.1, -0.05) is 13.1 Å². The van der Waals surface area contributed by atoms with Crippen molar-refractivity contribution in [1.29, 1.82) is 21.0 Å². The maximum atomic E-state index is 9.40. The van der Waals surface area contributed by atoms with E-state index in [1.807, 2.05) is 12.1 Å². The number of nitrogens with zero attached hydrogens (tertiary/aromatic N) is 10. The molecule has 4 rings (SSSR count). The van der Waals surface area contributed by atoms with Crippen molar-refractivity contribution in [1.82, 2.24) is 19.9 Å². The molecule has 0 N–H and O–H groups in total. The van der Waals surface area contributed by atoms with Crippen molar-refractivity contribution in [3.63, 3.8) is 0 Å². The van der Waals surface area contributed by atoms with Gasteiger partial charge in [-0.2, -0.15) is 21.0 Å². The number of rotatable bonds is 0. The number of benzene rings is 2. The smallest absolute Gasteiger partial charge is 0.294 e. The summed E-state index contributed by atoms with van der Waals surface area (Å²) in [6.45, 7) is 14.5. The van der Waals surface area contributed by atoms with Gasteiger partial charge in [0.05, 0.1) is 11.1 Å². The lowest BCUT2D eigenvalue weighted by Gasteiger charge is -2.07. The van der Waals surface area contributed by atoms with Crippen molar-refractivity contribution < 1.29 is 0 Å². The fraction of sp³-hybridized carbons (Fsp3) is 0. The van der Waals surface area contributed by atoms with E-state index in [0.29, 0.717) is 10.8 Å². The fourth-order valence-corrected chi connectivity index (χ4v) is 3.04. The normalized spacial score (nSPS) is 9.80. The van der Waals surface area contributed by atoms with Gasteiger partial charge in [0.15, 0.2) is 11.4 Å². The summed E-state index contributed by atoms with van der Waals surface area (Å²) in [5.74, 6) is -0.486. The molecule has 0 unspecified atom stereocenters. The third-order valence-corrected chi connectivity index (χ3v) is 4.31. The molecule has 0 radical (unpaired) electrons. The van der Waals surface area contributed by atoms with Crippen LogP contribution in [0.3, 0.4) is 0 Å². The largest absolute Gasteiger partial charge is 0.370 e. The molecule has 10 heteroatoms. The van der Waals surface area contributed by atoms with Crippen LogP contribution in [0.4, 0.5) is 11.6 Å². The van der Waals surface area contributed by atoms with Gasteiger partial charge in [0, 0.05) is 10.8 Å². The van der Waals surface area contributed by atoms with Crippen molar-refractivity contribution >= 4 is 44.5 Å². The molecule has 0 atom stereocenters. The molecule has 0 saturated carbocycles. The zero-order valence-electron chi connectivity index (χ0n) is 14.6. The van der Waals surface area contributed by atoms with E-state index < -0.39 is 0 Å². The van der Waals surface area contributed by atoms with E-state index in [-0.39, 0.29) is 56.2 Å². The highest BCUT2D eigenvalue weighted by molar-refractivity contribution is 6.21. The van der Waals surface area contributed by atoms with E-state index in [1.165, 1.54) is 12.1 Å². The fourth-order valence-electron chi connectivity index (χ4n) is 3.04. The quantitative estimate of drug-likeness (QED) is 0.331. The minimum absolute atomic E-state index is 0.0754. The van der Waals surface area contributed by atoms with Crippen LogP contribution in [-0.4, -0.2) is 19.9 Å². The molecule has 2 aromatic carbocycles. The van der Waals surface area contributed by atoms with Crippen LogP contribution in [0.15, 0.2) is 12.1 Å². The summed E-state index contributed by atoms with van der Waals surface area (Å²) in [5, 5.41) is 38.1. The SMILES string of the molecule is [C-]#[N+]c1nc2c3cc(C#N)c(C#N)cc3c3nc(C#N)c(C#N)nc3c2nc1[N+]#[C-]. The van der Waals surface area contributed by atoms with E-state index in [1.54, 1.807) is 12.1 Å². The van der Waals surface area contributed by atoms with Gasteiger partial charge in [-0.05, 0) is 12.1 Å². The Labute approximate surface area is 167 Å². The third kappa shape index (κ3) is 2.31. The van der Waals surface area contributed by atoms with Crippen LogP contribution in [0, 0.1) is 58.5 Å². The number of nitriles is 4. The van der Waals surface area contributed by atoms with Gasteiger partial charge in [0.25, 0.3) is 11.6 Å². The van der Waals surface area contributed by atoms with Gasteiger partial charge in [-0.3, -0.25) is 0 Å². The van der Waals surface area contributed by atoms with Gasteiger partial charge in [0.1, 0.15) is 35.3 Å². The molecule has 0 amide bonds. The molecule has 30 heavy (non-hydrogen) atoms. The first-order chi connectivity index (χ1) is 14.6. The number of hydrogen-bond donors (Lipinski definition) is 0. The monoisotopic (exact) mass is 382 g/mol. The molecular weight excluding hydrogens is 380 g/mol. The third-order valence-electron chi connectivity index (χ3n) is 4.31. The van der Waals surface area contributed by atoms with Crippen LogP contribution in [0.2, 0.25) is 0 Å². The molecule has 0 saturated heterocycles. The summed E-state index contributed by atoms with van der Waals surface area (Å²) in [7, 11) is 0. The Bertz CT molecular complexity index is 1350. The van der Waals surface area contributed by atoms with Crippen LogP contribution < -0.4 is 0 Å². The van der Waals surface area contributed by atoms with Crippen LogP contribution in [0.1, 0.15) is 22.5 Å². The molecule has 132 valence electrons. The van der Waals surface area contributed by atoms with E-state index in [2.05, 4.69) is 29.6 Å². The summed E-state index contributed by atoms with van der Waals surface area (Å²) >= 11 is 0. The zero-order chi connectivity index (χ0) is 21.4. The Balaban J connectivity index is 2.42. The summed E-state index contributed by atoms with van der Waals surface area (Å²) in [6.07, 6.45) is 0. The Hall–Kier alpha value is -5.68. The molecule has 0 aliphatic heterocycles. The molecule has 2 aromatic heterocycles. The van der Waals surface area contributed by atoms with Crippen LogP contribution in [0.5, 0.6) is 0 Å². The first-order valence-corrected chi connectivity index (χ1v) is 7.98. The Kier molecular flexibility index (Phi) is 3.83. The summed E-state index contributed by atoms with van der Waals surface area (Å²) in [6, 6.07) is 10.3. The summed E-state index contributed by atoms with van der Waals surface area (Å²) in [4.78, 5) is 23.3. The number of aromatic nitrogens is 4. The first kappa shape index (κ1) is 17.7. The highest BCUT2D eigenvalue weighted by atomic mass is 15.0. The van der Waals surface area contributed by atoms with E-state index in [9.17, 15) is 21.0 Å². The minimum Gasteiger partial charge on any atom is -0.370 e. The zero-order valence-corrected chi connectivity index (χ0v) is 14.6. The Morgan fingerprint density at radius 3 is 1.43 bits per heavy atom. The van der Waals surface area contributed by atoms with Gasteiger partial charge < -0.3 is 9.69 Å². The second-order valence-corrected chi connectivity index (χ2v) is 5.80. The lowest BCUT2D eigenvalue weighted by molar-refractivity contribution is 1.20. The van der Waals surface area contributed by atoms with Crippen molar-refractivity contribution in [2.75, 3.05) is 0 Å². The number of fused-ring (bicyclic) bond motifs is 6. The Morgan fingerprint density at radius 2 is 1.00 bits per heavy atom. The summed E-state index contributed by atoms with van der Waals surface area (Å²) in [5.41, 5.74) is 0.215. The second kappa shape index (κ2) is 6.49. The summed E-state index contributed by atoms with van der Waals surface area (Å²) < 4.78 is 0. The molecule has 0 aliphatic carbocycles. The molecule has 0 aliphatic rings. The highest BCUT2D eigenvalue weighted by Gasteiger charge is 2.24. The van der Waals surface area contributed by atoms with Crippen molar-refractivity contribution in [2.45, 2.75) is 0 Å². The molecule has 4 aromatic rings. The molecule has 2 heterocycles. The van der Waals surface area contributed by atoms with Crippen molar-refractivity contribution in [3.8, 4) is 24.3 Å². The lowest BCUT2D eigenvalue weighted by Crippen LogP contribution is -2.00. The molecule has 0 fully saturated rings. The van der Waals surface area contributed by atoms with Crippen LogP contribution in [0.25, 0.3) is 42.5 Å². The molecule has 0 spiro atoms. The van der Waals surface area contributed by atoms with Gasteiger partial charge in [0.2, 0.25) is 11.0 Å². The second-order valence-electron chi connectivity index (χ2n) is 5.80. The van der Waals surface area contributed by atoms with Gasteiger partial charge in [-0.25, -0.2) is 9.97 Å². The highest BCUT2D eigenvalue weighted by Crippen LogP contribution is 2.36. The molecular formula is C20H2N10. The van der Waals surface area contributed by atoms with Crippen molar-refractivity contribution in [2.24, 2.45) is 0 Å². The minimum atomic E-state index is -0.253. The van der Waals surface area contributed by atoms with Crippen LogP contribution >= 0.6 is 0 Å². The van der Waals surface area contributed by atoms with E-state index >= 15 is 0 Å². The Morgan fingerprint density at radius 1 is 0.600 bits per heavy atom. The molecule has 10 nitrogen and oxygen atoms in total. The topological polar surface area (TPSA) is 155 Å². The van der Waals surface area contributed by atoms with E-state index in [0.717, 1.165) is 0 Å². The standard InChI is InChI=1S/C20H2N10/c1-25-19-20(26-2)30-18-16(29-19)12-4-10(6-22)9(5-21)3-11(12)15-17(18)28-14(8-24)13(7-23)27-15/h3-4H. The maximum Gasteiger partial charge on any atom is 0.294 e. The van der Waals surface area contributed by atoms with Crippen molar-refractivity contribution in [3.05, 3.63) is 57.5 Å². The number of hydrogen-bond acceptors (Lipinski definition) is 8. The van der Waals surface area contributed by atoms with Gasteiger partial charge >= 0.3 is 0 Å². The lowest BCUT2D eigenvalue weighted by atomic mass is 9.99. The predicted octanol–water partition coefficient (Wildman–Crippen LogP) is 3.31. The average Bonchev–Trinajstić information content (AvgIpc) is 2.81. The van der Waals surface area contributed by atoms with Gasteiger partial charge in [-0.15, -0.1) is 9.97 Å². The van der Waals surface area contributed by atoms with E-state index in [4.69, 9.17) is 13.1 Å².